The minimum absolute atomic E-state index is 0.114. The monoisotopic (exact) mass is 460 g/mol. The van der Waals surface area contributed by atoms with Crippen LogP contribution in [-0.2, 0) is 4.74 Å². The highest BCUT2D eigenvalue weighted by Gasteiger charge is 2.26. The Balaban J connectivity index is 1.53. The fourth-order valence-corrected chi connectivity index (χ4v) is 4.58. The molecule has 8 heteroatoms. The molecule has 8 nitrogen and oxygen atoms in total. The van der Waals surface area contributed by atoms with E-state index in [1.54, 1.807) is 0 Å². The molecule has 0 amide bonds. The number of anilines is 1. The zero-order chi connectivity index (χ0) is 23.8. The third-order valence-electron chi connectivity index (χ3n) is 6.22. The van der Waals surface area contributed by atoms with E-state index in [-0.39, 0.29) is 18.2 Å². The van der Waals surface area contributed by atoms with Gasteiger partial charge in [0.1, 0.15) is 0 Å². The van der Waals surface area contributed by atoms with Crippen molar-refractivity contribution in [2.45, 2.75) is 52.4 Å². The summed E-state index contributed by atoms with van der Waals surface area (Å²) in [6, 6.07) is 10.4. The Bertz CT molecular complexity index is 1290. The lowest BCUT2D eigenvalue weighted by Crippen LogP contribution is -2.46. The van der Waals surface area contributed by atoms with E-state index < -0.39 is 0 Å². The van der Waals surface area contributed by atoms with Gasteiger partial charge < -0.3 is 20.1 Å². The Morgan fingerprint density at radius 1 is 1.06 bits per heavy atom. The maximum absolute atomic E-state index is 5.95. The van der Waals surface area contributed by atoms with Crippen molar-refractivity contribution < 1.29 is 9.47 Å². The smallest absolute Gasteiger partial charge is 0.213 e. The van der Waals surface area contributed by atoms with Crippen LogP contribution < -0.4 is 15.4 Å². The summed E-state index contributed by atoms with van der Waals surface area (Å²) in [5, 5.41) is 0. The van der Waals surface area contributed by atoms with Gasteiger partial charge in [0, 0.05) is 37.0 Å². The predicted octanol–water partition coefficient (Wildman–Crippen LogP) is 3.98. The fourth-order valence-electron chi connectivity index (χ4n) is 4.58. The van der Waals surface area contributed by atoms with E-state index in [0.717, 1.165) is 58.8 Å². The lowest BCUT2D eigenvalue weighted by Gasteiger charge is -2.35. The highest BCUT2D eigenvalue weighted by atomic mass is 16.5. The van der Waals surface area contributed by atoms with Gasteiger partial charge in [-0.2, -0.15) is 0 Å². The van der Waals surface area contributed by atoms with Gasteiger partial charge in [-0.15, -0.1) is 0 Å². The largest absolute Gasteiger partial charge is 0.478 e. The van der Waals surface area contributed by atoms with Gasteiger partial charge in [0.2, 0.25) is 11.8 Å². The van der Waals surface area contributed by atoms with Gasteiger partial charge in [-0.25, -0.2) is 9.97 Å². The molecule has 34 heavy (non-hydrogen) atoms. The van der Waals surface area contributed by atoms with Gasteiger partial charge in [-0.1, -0.05) is 6.07 Å². The van der Waals surface area contributed by atoms with E-state index >= 15 is 0 Å². The molecule has 4 heterocycles. The highest BCUT2D eigenvalue weighted by molar-refractivity contribution is 5.85. The predicted molar refractivity (Wildman–Crippen MR) is 134 cm³/mol. The molecule has 1 fully saturated rings. The molecule has 0 aliphatic carbocycles. The first-order chi connectivity index (χ1) is 16.4. The highest BCUT2D eigenvalue weighted by Crippen LogP contribution is 2.30. The van der Waals surface area contributed by atoms with Gasteiger partial charge in [-0.05, 0) is 57.9 Å². The molecule has 4 aromatic rings. The van der Waals surface area contributed by atoms with Gasteiger partial charge in [0.05, 0.1) is 47.3 Å². The van der Waals surface area contributed by atoms with Gasteiger partial charge in [-0.3, -0.25) is 9.38 Å². The molecular formula is C26H32N6O2. The van der Waals surface area contributed by atoms with Gasteiger partial charge in [0.25, 0.3) is 0 Å². The molecule has 5 rings (SSSR count). The average Bonchev–Trinajstić information content (AvgIpc) is 3.15. The number of hydrogen-bond acceptors (Lipinski definition) is 7. The average molecular weight is 461 g/mol. The van der Waals surface area contributed by atoms with Crippen molar-refractivity contribution in [1.82, 2.24) is 19.4 Å². The summed E-state index contributed by atoms with van der Waals surface area (Å²) in [4.78, 5) is 16.5. The Kier molecular flexibility index (Phi) is 6.10. The zero-order valence-electron chi connectivity index (χ0n) is 20.2. The summed E-state index contributed by atoms with van der Waals surface area (Å²) in [6.07, 6.45) is 4.86. The van der Waals surface area contributed by atoms with E-state index in [2.05, 4.69) is 46.3 Å². The maximum Gasteiger partial charge on any atom is 0.213 e. The van der Waals surface area contributed by atoms with Gasteiger partial charge in [0.15, 0.2) is 0 Å². The second kappa shape index (κ2) is 9.19. The van der Waals surface area contributed by atoms with Crippen molar-refractivity contribution in [3.63, 3.8) is 0 Å². The Hall–Kier alpha value is -3.23. The number of aryl methyl sites for hydroxylation is 1. The summed E-state index contributed by atoms with van der Waals surface area (Å²) in [5.41, 5.74) is 11.8. The van der Waals surface area contributed by atoms with Crippen molar-refractivity contribution >= 4 is 22.5 Å². The summed E-state index contributed by atoms with van der Waals surface area (Å²) in [6.45, 7) is 10.4. The van der Waals surface area contributed by atoms with Crippen LogP contribution in [0.4, 0.5) is 5.95 Å². The van der Waals surface area contributed by atoms with Crippen LogP contribution in [0.2, 0.25) is 0 Å². The molecule has 0 spiro atoms. The summed E-state index contributed by atoms with van der Waals surface area (Å²) < 4.78 is 13.9. The van der Waals surface area contributed by atoms with Crippen molar-refractivity contribution in [2.75, 3.05) is 24.6 Å². The number of imidazole rings is 1. The second-order valence-electron chi connectivity index (χ2n) is 9.34. The summed E-state index contributed by atoms with van der Waals surface area (Å²) >= 11 is 0. The molecule has 0 bridgehead atoms. The van der Waals surface area contributed by atoms with E-state index in [0.29, 0.717) is 12.5 Å². The second-order valence-corrected chi connectivity index (χ2v) is 9.34. The van der Waals surface area contributed by atoms with Crippen LogP contribution in [0, 0.1) is 6.92 Å². The lowest BCUT2D eigenvalue weighted by molar-refractivity contribution is -0.00573. The number of fused-ring (bicyclic) bond motifs is 3. The third-order valence-corrected chi connectivity index (χ3v) is 6.22. The Morgan fingerprint density at radius 3 is 2.53 bits per heavy atom. The van der Waals surface area contributed by atoms with Crippen LogP contribution in [0.25, 0.3) is 27.7 Å². The van der Waals surface area contributed by atoms with E-state index in [1.165, 1.54) is 0 Å². The molecule has 3 aromatic heterocycles. The van der Waals surface area contributed by atoms with E-state index in [4.69, 9.17) is 25.2 Å². The molecule has 178 valence electrons. The number of nitrogens with two attached hydrogens (primary N) is 1. The zero-order valence-corrected chi connectivity index (χ0v) is 20.2. The van der Waals surface area contributed by atoms with Crippen molar-refractivity contribution in [3.05, 3.63) is 48.4 Å². The van der Waals surface area contributed by atoms with E-state index in [9.17, 15) is 0 Å². The Morgan fingerprint density at radius 2 is 1.82 bits per heavy atom. The SMILES string of the molecule is Cc1nc(N2C[C@@H](C)O[C@@H](C)C2)n2c1cnc1ccc(-c3ccc(OCCC(C)N)nc3)cc12. The first-order valence-corrected chi connectivity index (χ1v) is 11.9. The number of pyridine rings is 1. The summed E-state index contributed by atoms with van der Waals surface area (Å²) in [7, 11) is 0. The number of aromatic nitrogens is 4. The minimum atomic E-state index is 0.114. The molecule has 1 unspecified atom stereocenters. The molecule has 0 radical (unpaired) electrons. The number of ether oxygens (including phenoxy) is 2. The maximum atomic E-state index is 5.95. The normalized spacial score (nSPS) is 19.6. The molecule has 3 atom stereocenters. The number of morpholine rings is 1. The van der Waals surface area contributed by atoms with Crippen LogP contribution in [0.15, 0.2) is 42.7 Å². The first kappa shape index (κ1) is 22.6. The molecule has 1 aromatic carbocycles. The van der Waals surface area contributed by atoms with Crippen molar-refractivity contribution in [3.8, 4) is 17.0 Å². The number of nitrogens with zero attached hydrogens (tertiary/aromatic N) is 5. The standard InChI is InChI=1S/C26H32N6O2/c1-16(27)9-10-33-25-8-6-21(12-29-25)20-5-7-22-23(11-20)32-24(13-28-22)19(4)30-26(32)31-14-17(2)34-18(3)15-31/h5-8,11-13,16-18H,9-10,14-15,27H2,1-4H3/t16?,17-,18+. The molecule has 1 saturated heterocycles. The van der Waals surface area contributed by atoms with Crippen LogP contribution >= 0.6 is 0 Å². The van der Waals surface area contributed by atoms with Crippen LogP contribution in [0.3, 0.4) is 0 Å². The third kappa shape index (κ3) is 4.43. The van der Waals surface area contributed by atoms with Crippen LogP contribution in [0.5, 0.6) is 5.88 Å². The number of rotatable bonds is 6. The fraction of sp³-hybridized carbons (Fsp3) is 0.423. The molecule has 1 aliphatic heterocycles. The molecule has 0 saturated carbocycles. The van der Waals surface area contributed by atoms with Gasteiger partial charge >= 0.3 is 0 Å². The summed E-state index contributed by atoms with van der Waals surface area (Å²) in [5.74, 6) is 1.55. The number of hydrogen-bond donors (Lipinski definition) is 1. The van der Waals surface area contributed by atoms with Crippen molar-refractivity contribution in [1.29, 1.82) is 0 Å². The Labute approximate surface area is 199 Å². The molecule has 1 aliphatic rings. The minimum Gasteiger partial charge on any atom is -0.478 e. The van der Waals surface area contributed by atoms with E-state index in [1.807, 2.05) is 38.4 Å². The van der Waals surface area contributed by atoms with Crippen molar-refractivity contribution in [2.24, 2.45) is 5.73 Å². The topological polar surface area (TPSA) is 90.8 Å². The van der Waals surface area contributed by atoms with Crippen LogP contribution in [0.1, 0.15) is 32.9 Å². The first-order valence-electron chi connectivity index (χ1n) is 11.9. The quantitative estimate of drug-likeness (QED) is 0.465. The molecule has 2 N–H and O–H groups in total. The van der Waals surface area contributed by atoms with Crippen LogP contribution in [-0.4, -0.2) is 57.3 Å². The molecular weight excluding hydrogens is 428 g/mol. The number of benzene rings is 1. The lowest BCUT2D eigenvalue weighted by atomic mass is 10.1.